The lowest BCUT2D eigenvalue weighted by Crippen LogP contribution is -2.32. The maximum Gasteiger partial charge on any atom is 0.416 e. The van der Waals surface area contributed by atoms with Crippen LogP contribution in [0.3, 0.4) is 0 Å². The van der Waals surface area contributed by atoms with E-state index >= 15 is 0 Å². The summed E-state index contributed by atoms with van der Waals surface area (Å²) in [5.41, 5.74) is 0.689. The minimum atomic E-state index is -5.05. The summed E-state index contributed by atoms with van der Waals surface area (Å²) in [5.74, 6) is -1.52. The van der Waals surface area contributed by atoms with Gasteiger partial charge in [0.05, 0.1) is 17.2 Å². The highest BCUT2D eigenvalue weighted by molar-refractivity contribution is 5.95. The lowest BCUT2D eigenvalue weighted by Gasteiger charge is -2.21. The third-order valence-electron chi connectivity index (χ3n) is 6.26. The first-order valence-electron chi connectivity index (χ1n) is 11.9. The first-order valence-corrected chi connectivity index (χ1v) is 11.9. The number of carbonyl (C=O) groups excluding carboxylic acids is 2. The minimum Gasteiger partial charge on any atom is -0.350 e. The van der Waals surface area contributed by atoms with Crippen LogP contribution in [0.15, 0.2) is 42.5 Å². The van der Waals surface area contributed by atoms with E-state index < -0.39 is 53.2 Å². The van der Waals surface area contributed by atoms with Gasteiger partial charge in [-0.1, -0.05) is 18.2 Å². The van der Waals surface area contributed by atoms with Crippen LogP contribution in [0.1, 0.15) is 69.9 Å². The van der Waals surface area contributed by atoms with Crippen molar-refractivity contribution in [3.05, 3.63) is 75.9 Å². The van der Waals surface area contributed by atoms with Crippen LogP contribution in [0.4, 0.5) is 26.3 Å². The van der Waals surface area contributed by atoms with Gasteiger partial charge in [-0.15, -0.1) is 0 Å². The number of hydroxylamine groups is 1. The maximum atomic E-state index is 13.1. The van der Waals surface area contributed by atoms with Gasteiger partial charge in [0.25, 0.3) is 11.8 Å². The quantitative estimate of drug-likeness (QED) is 0.278. The Morgan fingerprint density at radius 2 is 1.66 bits per heavy atom. The van der Waals surface area contributed by atoms with Gasteiger partial charge in [0, 0.05) is 24.7 Å². The monoisotopic (exact) mass is 542 g/mol. The Labute approximate surface area is 213 Å². The molecule has 1 fully saturated rings. The molecule has 1 aliphatic heterocycles. The van der Waals surface area contributed by atoms with Gasteiger partial charge < -0.3 is 10.1 Å². The SMILES string of the molecule is O=C(/C=C/c1ccc2c(c1)CCC2NC(=O)c1cc(C(F)(F)F)cc(C(F)(F)F)c1)NOC1CCCCO1. The van der Waals surface area contributed by atoms with Crippen LogP contribution >= 0.6 is 0 Å². The van der Waals surface area contributed by atoms with E-state index in [1.165, 1.54) is 6.08 Å². The van der Waals surface area contributed by atoms with Crippen molar-refractivity contribution in [1.82, 2.24) is 10.8 Å². The van der Waals surface area contributed by atoms with Gasteiger partial charge in [0.15, 0.2) is 6.29 Å². The summed E-state index contributed by atoms with van der Waals surface area (Å²) in [6, 6.07) is 5.38. The molecule has 0 aromatic heterocycles. The predicted octanol–water partition coefficient (Wildman–Crippen LogP) is 5.73. The van der Waals surface area contributed by atoms with Crippen molar-refractivity contribution in [2.24, 2.45) is 0 Å². The molecule has 2 aromatic carbocycles. The molecule has 0 radical (unpaired) electrons. The van der Waals surface area contributed by atoms with Crippen molar-refractivity contribution in [3.8, 4) is 0 Å². The smallest absolute Gasteiger partial charge is 0.350 e. The van der Waals surface area contributed by atoms with Crippen LogP contribution in [0.2, 0.25) is 0 Å². The molecule has 12 heteroatoms. The average Bonchev–Trinajstić information content (AvgIpc) is 3.27. The van der Waals surface area contributed by atoms with Crippen LogP contribution in [0.25, 0.3) is 6.08 Å². The van der Waals surface area contributed by atoms with E-state index in [0.717, 1.165) is 18.4 Å². The number of halogens is 6. The van der Waals surface area contributed by atoms with Gasteiger partial charge in [-0.3, -0.25) is 9.59 Å². The van der Waals surface area contributed by atoms with Crippen LogP contribution in [-0.4, -0.2) is 24.7 Å². The summed E-state index contributed by atoms with van der Waals surface area (Å²) in [4.78, 5) is 29.9. The maximum absolute atomic E-state index is 13.1. The number of ether oxygens (including phenoxy) is 1. The molecule has 2 N–H and O–H groups in total. The normalized spacial score (nSPS) is 19.8. The second-order valence-corrected chi connectivity index (χ2v) is 9.03. The molecular formula is C26H24F6N2O4. The zero-order valence-electron chi connectivity index (χ0n) is 19.9. The van der Waals surface area contributed by atoms with Crippen LogP contribution in [-0.2, 0) is 33.1 Å². The third-order valence-corrected chi connectivity index (χ3v) is 6.26. The Kier molecular flexibility index (Phi) is 8.12. The molecule has 2 aromatic rings. The highest BCUT2D eigenvalue weighted by Gasteiger charge is 2.38. The van der Waals surface area contributed by atoms with Crippen molar-refractivity contribution in [2.75, 3.05) is 6.61 Å². The molecule has 0 saturated carbocycles. The number of fused-ring (bicyclic) bond motifs is 1. The summed E-state index contributed by atoms with van der Waals surface area (Å²) < 4.78 is 84.2. The number of rotatable bonds is 6. The molecule has 1 saturated heterocycles. The fourth-order valence-electron chi connectivity index (χ4n) is 4.35. The average molecular weight is 542 g/mol. The van der Waals surface area contributed by atoms with Crippen LogP contribution in [0, 0.1) is 0 Å². The van der Waals surface area contributed by atoms with Crippen molar-refractivity contribution >= 4 is 17.9 Å². The minimum absolute atomic E-state index is 0.0210. The second-order valence-electron chi connectivity index (χ2n) is 9.03. The van der Waals surface area contributed by atoms with E-state index in [2.05, 4.69) is 10.8 Å². The number of nitrogens with one attached hydrogen (secondary N) is 2. The lowest BCUT2D eigenvalue weighted by molar-refractivity contribution is -0.198. The molecule has 0 spiro atoms. The number of hydrogen-bond acceptors (Lipinski definition) is 4. The highest BCUT2D eigenvalue weighted by atomic mass is 19.4. The molecule has 2 aliphatic rings. The largest absolute Gasteiger partial charge is 0.416 e. The number of alkyl halides is 6. The van der Waals surface area contributed by atoms with Crippen molar-refractivity contribution in [1.29, 1.82) is 0 Å². The number of benzene rings is 2. The molecule has 2 amide bonds. The predicted molar refractivity (Wildman–Crippen MR) is 123 cm³/mol. The summed E-state index contributed by atoms with van der Waals surface area (Å²) in [7, 11) is 0. The Balaban J connectivity index is 1.41. The molecule has 2 unspecified atom stereocenters. The standard InChI is InChI=1S/C26H24F6N2O4/c27-25(28,29)18-12-17(13-19(14-18)26(30,31)32)24(36)33-21-8-6-16-11-15(4-7-20(16)21)5-9-22(35)34-38-23-3-1-2-10-37-23/h4-5,7,9,11-14,21,23H,1-3,6,8,10H2,(H,33,36)(H,34,35)/b9-5+. The van der Waals surface area contributed by atoms with E-state index in [-0.39, 0.29) is 6.07 Å². The zero-order valence-corrected chi connectivity index (χ0v) is 19.9. The molecule has 1 heterocycles. The molecule has 38 heavy (non-hydrogen) atoms. The molecule has 6 nitrogen and oxygen atoms in total. The first-order chi connectivity index (χ1) is 17.9. The number of aryl methyl sites for hydroxylation is 1. The van der Waals surface area contributed by atoms with E-state index in [4.69, 9.17) is 9.57 Å². The van der Waals surface area contributed by atoms with Crippen molar-refractivity contribution in [3.63, 3.8) is 0 Å². The Bertz CT molecular complexity index is 1190. The van der Waals surface area contributed by atoms with E-state index in [1.807, 2.05) is 0 Å². The summed E-state index contributed by atoms with van der Waals surface area (Å²) in [6.07, 6.45) is -4.23. The lowest BCUT2D eigenvalue weighted by atomic mass is 10.0. The highest BCUT2D eigenvalue weighted by Crippen LogP contribution is 2.37. The summed E-state index contributed by atoms with van der Waals surface area (Å²) in [6.45, 7) is 0.571. The van der Waals surface area contributed by atoms with Gasteiger partial charge in [-0.25, -0.2) is 10.3 Å². The van der Waals surface area contributed by atoms with Gasteiger partial charge in [0.1, 0.15) is 0 Å². The van der Waals surface area contributed by atoms with Crippen molar-refractivity contribution in [2.45, 2.75) is 56.8 Å². The van der Waals surface area contributed by atoms with E-state index in [9.17, 15) is 35.9 Å². The topological polar surface area (TPSA) is 76.7 Å². The van der Waals surface area contributed by atoms with Gasteiger partial charge in [0.2, 0.25) is 0 Å². The Hall–Kier alpha value is -3.38. The van der Waals surface area contributed by atoms with Gasteiger partial charge in [-0.05, 0) is 66.6 Å². The molecule has 0 bridgehead atoms. The summed E-state index contributed by atoms with van der Waals surface area (Å²) in [5, 5.41) is 2.54. The van der Waals surface area contributed by atoms with Gasteiger partial charge in [-0.2, -0.15) is 26.3 Å². The molecule has 204 valence electrons. The van der Waals surface area contributed by atoms with E-state index in [0.29, 0.717) is 49.1 Å². The van der Waals surface area contributed by atoms with Gasteiger partial charge >= 0.3 is 12.4 Å². The number of amides is 2. The fraction of sp³-hybridized carbons (Fsp3) is 0.385. The molecule has 4 rings (SSSR count). The first kappa shape index (κ1) is 27.6. The zero-order chi connectivity index (χ0) is 27.5. The molecular weight excluding hydrogens is 518 g/mol. The Morgan fingerprint density at radius 3 is 2.29 bits per heavy atom. The fourth-order valence-corrected chi connectivity index (χ4v) is 4.35. The van der Waals surface area contributed by atoms with Crippen molar-refractivity contribution < 1.29 is 45.5 Å². The number of hydrogen-bond donors (Lipinski definition) is 2. The number of carbonyl (C=O) groups is 2. The second kappa shape index (κ2) is 11.2. The van der Waals surface area contributed by atoms with Crippen LogP contribution in [0.5, 0.6) is 0 Å². The third kappa shape index (κ3) is 6.93. The molecule has 1 aliphatic carbocycles. The Morgan fingerprint density at radius 1 is 0.947 bits per heavy atom. The summed E-state index contributed by atoms with van der Waals surface area (Å²) >= 11 is 0. The van der Waals surface area contributed by atoms with E-state index in [1.54, 1.807) is 24.3 Å². The molecule has 2 atom stereocenters. The van der Waals surface area contributed by atoms with Crippen LogP contribution < -0.4 is 10.8 Å².